The van der Waals surface area contributed by atoms with Crippen LogP contribution in [0.2, 0.25) is 0 Å². The van der Waals surface area contributed by atoms with Gasteiger partial charge in [0.15, 0.2) is 0 Å². The van der Waals surface area contributed by atoms with Crippen molar-refractivity contribution in [1.82, 2.24) is 15.7 Å². The number of amides is 2. The van der Waals surface area contributed by atoms with Crippen LogP contribution in [-0.4, -0.2) is 29.6 Å². The number of H-pyrrole nitrogens is 1. The lowest BCUT2D eigenvalue weighted by Gasteiger charge is -2.04. The largest absolute Gasteiger partial charge is 0.361 e. The van der Waals surface area contributed by atoms with Gasteiger partial charge in [0.2, 0.25) is 0 Å². The quantitative estimate of drug-likeness (QED) is 0.455. The van der Waals surface area contributed by atoms with E-state index in [0.29, 0.717) is 5.56 Å². The van der Waals surface area contributed by atoms with Crippen LogP contribution in [0.1, 0.15) is 15.9 Å². The molecule has 0 aliphatic rings. The average molecular weight is 399 g/mol. The van der Waals surface area contributed by atoms with Crippen molar-refractivity contribution in [2.24, 2.45) is 5.10 Å². The van der Waals surface area contributed by atoms with Gasteiger partial charge in [-0.3, -0.25) is 9.59 Å². The molecule has 2 aromatic carbocycles. The molecule has 0 radical (unpaired) electrons. The van der Waals surface area contributed by atoms with Crippen LogP contribution in [0.3, 0.4) is 0 Å². The van der Waals surface area contributed by atoms with Crippen LogP contribution in [0.4, 0.5) is 0 Å². The molecule has 1 aromatic heterocycles. The van der Waals surface area contributed by atoms with Gasteiger partial charge < -0.3 is 10.3 Å². The van der Waals surface area contributed by atoms with E-state index in [9.17, 15) is 9.59 Å². The number of nitrogens with one attached hydrogen (secondary N) is 3. The molecule has 2 amide bonds. The average Bonchev–Trinajstić information content (AvgIpc) is 3.03. The Morgan fingerprint density at radius 3 is 2.84 bits per heavy atom. The van der Waals surface area contributed by atoms with Gasteiger partial charge in [-0.05, 0) is 24.3 Å². The minimum Gasteiger partial charge on any atom is -0.361 e. The van der Waals surface area contributed by atoms with Crippen molar-refractivity contribution in [3.63, 3.8) is 0 Å². The second-order valence-electron chi connectivity index (χ2n) is 5.28. The van der Waals surface area contributed by atoms with Crippen LogP contribution >= 0.6 is 15.9 Å². The lowest BCUT2D eigenvalue weighted by molar-refractivity contribution is -0.120. The van der Waals surface area contributed by atoms with Crippen LogP contribution in [0.5, 0.6) is 0 Å². The summed E-state index contributed by atoms with van der Waals surface area (Å²) >= 11 is 3.30. The molecule has 1 heterocycles. The molecule has 0 saturated carbocycles. The Morgan fingerprint density at radius 2 is 2.00 bits per heavy atom. The first-order chi connectivity index (χ1) is 12.1. The number of rotatable bonds is 5. The van der Waals surface area contributed by atoms with Gasteiger partial charge in [0.25, 0.3) is 11.8 Å². The van der Waals surface area contributed by atoms with E-state index in [-0.39, 0.29) is 12.5 Å². The molecule has 0 atom stereocenters. The normalized spacial score (nSPS) is 10.9. The summed E-state index contributed by atoms with van der Waals surface area (Å²) in [6.07, 6.45) is 3.38. The summed E-state index contributed by atoms with van der Waals surface area (Å²) in [6.45, 7) is -0.156. The highest BCUT2D eigenvalue weighted by Gasteiger charge is 2.07. The van der Waals surface area contributed by atoms with E-state index in [1.54, 1.807) is 24.4 Å². The van der Waals surface area contributed by atoms with Crippen LogP contribution in [0.15, 0.2) is 64.3 Å². The fourth-order valence-corrected chi connectivity index (χ4v) is 2.71. The molecule has 25 heavy (non-hydrogen) atoms. The first kappa shape index (κ1) is 16.9. The van der Waals surface area contributed by atoms with E-state index in [4.69, 9.17) is 0 Å². The Labute approximate surface area is 152 Å². The number of benzene rings is 2. The van der Waals surface area contributed by atoms with Crippen molar-refractivity contribution < 1.29 is 9.59 Å². The number of para-hydroxylation sites is 1. The molecule has 6 nitrogen and oxygen atoms in total. The maximum absolute atomic E-state index is 12.0. The van der Waals surface area contributed by atoms with E-state index >= 15 is 0 Å². The van der Waals surface area contributed by atoms with E-state index < -0.39 is 5.91 Å². The molecule has 0 aliphatic heterocycles. The monoisotopic (exact) mass is 398 g/mol. The number of hydrogen-bond acceptors (Lipinski definition) is 3. The van der Waals surface area contributed by atoms with Gasteiger partial charge in [0, 0.05) is 32.7 Å². The zero-order valence-corrected chi connectivity index (χ0v) is 14.7. The molecule has 0 bridgehead atoms. The van der Waals surface area contributed by atoms with E-state index in [0.717, 1.165) is 20.9 Å². The van der Waals surface area contributed by atoms with E-state index in [1.165, 1.54) is 0 Å². The molecule has 3 aromatic rings. The number of fused-ring (bicyclic) bond motifs is 1. The molecule has 3 rings (SSSR count). The minimum atomic E-state index is -0.403. The third-order valence-corrected chi connectivity index (χ3v) is 4.00. The second-order valence-corrected chi connectivity index (χ2v) is 6.19. The number of hydrogen-bond donors (Lipinski definition) is 3. The number of carbonyl (C=O) groups excluding carboxylic acids is 2. The van der Waals surface area contributed by atoms with Crippen molar-refractivity contribution in [1.29, 1.82) is 0 Å². The predicted octanol–water partition coefficient (Wildman–Crippen LogP) is 2.81. The van der Waals surface area contributed by atoms with Gasteiger partial charge >= 0.3 is 0 Å². The molecule has 0 saturated heterocycles. The third-order valence-electron chi connectivity index (χ3n) is 3.51. The minimum absolute atomic E-state index is 0.156. The van der Waals surface area contributed by atoms with Crippen LogP contribution in [-0.2, 0) is 4.79 Å². The van der Waals surface area contributed by atoms with Crippen molar-refractivity contribution in [2.45, 2.75) is 0 Å². The highest BCUT2D eigenvalue weighted by atomic mass is 79.9. The first-order valence-corrected chi connectivity index (χ1v) is 8.34. The summed E-state index contributed by atoms with van der Waals surface area (Å²) in [7, 11) is 0. The summed E-state index contributed by atoms with van der Waals surface area (Å²) in [4.78, 5) is 26.9. The third kappa shape index (κ3) is 4.33. The van der Waals surface area contributed by atoms with Gasteiger partial charge in [-0.1, -0.05) is 40.2 Å². The number of carbonyl (C=O) groups is 2. The molecule has 3 N–H and O–H groups in total. The molecule has 0 unspecified atom stereocenters. The summed E-state index contributed by atoms with van der Waals surface area (Å²) < 4.78 is 0.799. The van der Waals surface area contributed by atoms with Crippen molar-refractivity contribution in [2.75, 3.05) is 6.54 Å². The lowest BCUT2D eigenvalue weighted by Crippen LogP contribution is -2.34. The maximum atomic E-state index is 12.0. The Hall–Kier alpha value is -2.93. The highest BCUT2D eigenvalue weighted by molar-refractivity contribution is 9.10. The number of aromatic nitrogens is 1. The molecule has 0 fully saturated rings. The van der Waals surface area contributed by atoms with Gasteiger partial charge in [0.1, 0.15) is 0 Å². The van der Waals surface area contributed by atoms with Crippen LogP contribution < -0.4 is 10.7 Å². The maximum Gasteiger partial charge on any atom is 0.259 e. The van der Waals surface area contributed by atoms with Crippen molar-refractivity contribution in [3.05, 3.63) is 70.3 Å². The van der Waals surface area contributed by atoms with Crippen molar-refractivity contribution in [3.8, 4) is 0 Å². The molecular weight excluding hydrogens is 384 g/mol. The number of halogens is 1. The van der Waals surface area contributed by atoms with Crippen molar-refractivity contribution >= 4 is 44.9 Å². The van der Waals surface area contributed by atoms with E-state index in [2.05, 4.69) is 36.8 Å². The molecule has 126 valence electrons. The summed E-state index contributed by atoms with van der Waals surface area (Å²) in [5, 5.41) is 7.49. The topological polar surface area (TPSA) is 86.3 Å². The van der Waals surface area contributed by atoms with Gasteiger partial charge in [-0.25, -0.2) is 5.43 Å². The Bertz CT molecular complexity index is 949. The lowest BCUT2D eigenvalue weighted by atomic mass is 10.2. The number of aromatic amines is 1. The second kappa shape index (κ2) is 7.76. The van der Waals surface area contributed by atoms with Crippen LogP contribution in [0.25, 0.3) is 10.9 Å². The zero-order valence-electron chi connectivity index (χ0n) is 13.1. The SMILES string of the molecule is O=C(CNC(=O)c1cccc(Br)c1)N/N=C/c1c[nH]c2ccccc12. The van der Waals surface area contributed by atoms with Gasteiger partial charge in [-0.2, -0.15) is 5.10 Å². The van der Waals surface area contributed by atoms with Gasteiger partial charge in [-0.15, -0.1) is 0 Å². The Kier molecular flexibility index (Phi) is 5.25. The number of nitrogens with zero attached hydrogens (tertiary/aromatic N) is 1. The fraction of sp³-hybridized carbons (Fsp3) is 0.0556. The zero-order chi connectivity index (χ0) is 17.6. The summed E-state index contributed by atoms with van der Waals surface area (Å²) in [5.74, 6) is -0.725. The fourth-order valence-electron chi connectivity index (χ4n) is 2.31. The molecule has 7 heteroatoms. The molecular formula is C18H15BrN4O2. The highest BCUT2D eigenvalue weighted by Crippen LogP contribution is 2.15. The first-order valence-electron chi connectivity index (χ1n) is 7.55. The smallest absolute Gasteiger partial charge is 0.259 e. The predicted molar refractivity (Wildman–Crippen MR) is 101 cm³/mol. The van der Waals surface area contributed by atoms with E-state index in [1.807, 2.05) is 36.5 Å². The van der Waals surface area contributed by atoms with Crippen LogP contribution in [0, 0.1) is 0 Å². The Morgan fingerprint density at radius 1 is 1.16 bits per heavy atom. The molecule has 0 aliphatic carbocycles. The standard InChI is InChI=1S/C18H15BrN4O2/c19-14-5-3-4-12(8-14)18(25)21-11-17(24)23-22-10-13-9-20-16-7-2-1-6-15(13)16/h1-10,20H,11H2,(H,21,25)(H,23,24)/b22-10+. The van der Waals surface area contributed by atoms with Gasteiger partial charge in [0.05, 0.1) is 12.8 Å². The summed E-state index contributed by atoms with van der Waals surface area (Å²) in [6, 6.07) is 14.7. The molecule has 0 spiro atoms. The summed E-state index contributed by atoms with van der Waals surface area (Å²) in [5.41, 5.74) is 4.74. The Balaban J connectivity index is 1.52. The number of hydrazone groups is 1.